The molecule has 0 saturated carbocycles. The maximum atomic E-state index is 13.2. The van der Waals surface area contributed by atoms with Gasteiger partial charge in [-0.05, 0) is 50.1 Å². The molecule has 1 aromatic heterocycles. The molecule has 1 heterocycles. The first kappa shape index (κ1) is 18.6. The Hall–Kier alpha value is -3.15. The predicted octanol–water partition coefficient (Wildman–Crippen LogP) is 5.02. The second-order valence-electron chi connectivity index (χ2n) is 7.12. The van der Waals surface area contributed by atoms with Crippen molar-refractivity contribution >= 4 is 23.0 Å². The molecule has 0 N–H and O–H groups in total. The molecule has 27 heavy (non-hydrogen) atoms. The summed E-state index contributed by atoms with van der Waals surface area (Å²) in [5, 5.41) is 0.568. The molecule has 6 heteroatoms. The van der Waals surface area contributed by atoms with E-state index in [0.717, 1.165) is 11.1 Å². The van der Waals surface area contributed by atoms with Crippen LogP contribution in [-0.4, -0.2) is 29.3 Å². The first-order chi connectivity index (χ1) is 12.7. The summed E-state index contributed by atoms with van der Waals surface area (Å²) in [5.41, 5.74) is 1.65. The molecular weight excluding hydrogens is 349 g/mol. The van der Waals surface area contributed by atoms with E-state index in [1.54, 1.807) is 51.1 Å². The van der Waals surface area contributed by atoms with Crippen molar-refractivity contribution in [2.24, 2.45) is 0 Å². The van der Waals surface area contributed by atoms with E-state index in [4.69, 9.17) is 9.47 Å². The fourth-order valence-electron chi connectivity index (χ4n) is 2.78. The molecule has 5 nitrogen and oxygen atoms in total. The smallest absolute Gasteiger partial charge is 0.419 e. The van der Waals surface area contributed by atoms with Gasteiger partial charge in [0.15, 0.2) is 0 Å². The highest BCUT2D eigenvalue weighted by atomic mass is 19.1. The van der Waals surface area contributed by atoms with Crippen LogP contribution in [0, 0.1) is 5.82 Å². The number of carbonyl (C=O) groups is 2. The van der Waals surface area contributed by atoms with Gasteiger partial charge in [0.2, 0.25) is 0 Å². The molecule has 0 unspecified atom stereocenters. The lowest BCUT2D eigenvalue weighted by molar-refractivity contribution is 0.0544. The molecule has 0 bridgehead atoms. The van der Waals surface area contributed by atoms with E-state index in [1.807, 2.05) is 0 Å². The van der Waals surface area contributed by atoms with Gasteiger partial charge in [-0.3, -0.25) is 4.57 Å². The Bertz CT molecular complexity index is 1010. The second kappa shape index (κ2) is 6.87. The van der Waals surface area contributed by atoms with Crippen LogP contribution in [-0.2, 0) is 9.47 Å². The third-order valence-corrected chi connectivity index (χ3v) is 3.98. The zero-order valence-electron chi connectivity index (χ0n) is 15.6. The molecule has 0 spiro atoms. The van der Waals surface area contributed by atoms with Gasteiger partial charge >= 0.3 is 12.1 Å². The molecule has 0 saturated heterocycles. The average Bonchev–Trinajstić information content (AvgIpc) is 2.99. The van der Waals surface area contributed by atoms with E-state index in [9.17, 15) is 14.0 Å². The van der Waals surface area contributed by atoms with E-state index >= 15 is 0 Å². The summed E-state index contributed by atoms with van der Waals surface area (Å²) in [6.07, 6.45) is 0.817. The number of nitrogens with zero attached hydrogens (tertiary/aromatic N) is 1. The first-order valence-corrected chi connectivity index (χ1v) is 8.42. The third-order valence-electron chi connectivity index (χ3n) is 3.98. The predicted molar refractivity (Wildman–Crippen MR) is 100 cm³/mol. The Labute approximate surface area is 156 Å². The summed E-state index contributed by atoms with van der Waals surface area (Å²) in [7, 11) is 1.28. The van der Waals surface area contributed by atoms with Gasteiger partial charge in [-0.2, -0.15) is 0 Å². The Morgan fingerprint density at radius 3 is 2.22 bits per heavy atom. The summed E-state index contributed by atoms with van der Waals surface area (Å²) in [4.78, 5) is 24.7. The summed E-state index contributed by atoms with van der Waals surface area (Å²) in [5.74, 6) is -0.873. The lowest BCUT2D eigenvalue weighted by Crippen LogP contribution is -2.26. The molecule has 3 rings (SSSR count). The molecule has 0 radical (unpaired) electrons. The molecule has 0 amide bonds. The Balaban J connectivity index is 2.17. The molecule has 3 aromatic rings. The topological polar surface area (TPSA) is 57.5 Å². The molecule has 0 atom stereocenters. The van der Waals surface area contributed by atoms with Crippen molar-refractivity contribution in [1.29, 1.82) is 0 Å². The van der Waals surface area contributed by atoms with Crippen LogP contribution < -0.4 is 0 Å². The molecule has 140 valence electrons. The maximum absolute atomic E-state index is 13.2. The van der Waals surface area contributed by atoms with E-state index in [2.05, 4.69) is 0 Å². The van der Waals surface area contributed by atoms with Crippen molar-refractivity contribution in [3.05, 3.63) is 60.0 Å². The summed E-state index contributed by atoms with van der Waals surface area (Å²) >= 11 is 0. The minimum absolute atomic E-state index is 0.268. The van der Waals surface area contributed by atoms with Crippen LogP contribution in [0.4, 0.5) is 9.18 Å². The Morgan fingerprint density at radius 1 is 1.00 bits per heavy atom. The largest absolute Gasteiger partial charge is 0.465 e. The van der Waals surface area contributed by atoms with Crippen LogP contribution in [0.3, 0.4) is 0 Å². The first-order valence-electron chi connectivity index (χ1n) is 8.42. The highest BCUT2D eigenvalue weighted by Gasteiger charge is 2.23. The quantitative estimate of drug-likeness (QED) is 0.595. The number of esters is 1. The van der Waals surface area contributed by atoms with E-state index in [-0.39, 0.29) is 11.4 Å². The average molecular weight is 369 g/mol. The molecule has 0 aliphatic heterocycles. The lowest BCUT2D eigenvalue weighted by Gasteiger charge is -2.19. The molecular formula is C21H20FNO4. The van der Waals surface area contributed by atoms with E-state index in [1.165, 1.54) is 30.0 Å². The van der Waals surface area contributed by atoms with Crippen molar-refractivity contribution in [2.45, 2.75) is 26.4 Å². The number of methoxy groups -OCH3 is 1. The summed E-state index contributed by atoms with van der Waals surface area (Å²) in [6, 6.07) is 11.3. The number of benzene rings is 2. The van der Waals surface area contributed by atoms with Gasteiger partial charge in [0.05, 0.1) is 18.2 Å². The molecule has 0 aliphatic carbocycles. The van der Waals surface area contributed by atoms with Crippen molar-refractivity contribution in [3.63, 3.8) is 0 Å². The van der Waals surface area contributed by atoms with Crippen LogP contribution >= 0.6 is 0 Å². The van der Waals surface area contributed by atoms with Gasteiger partial charge in [-0.15, -0.1) is 0 Å². The number of ether oxygens (including phenoxy) is 2. The minimum Gasteiger partial charge on any atom is -0.465 e. The van der Waals surface area contributed by atoms with Crippen LogP contribution in [0.25, 0.3) is 22.0 Å². The zero-order chi connectivity index (χ0) is 19.8. The van der Waals surface area contributed by atoms with Crippen LogP contribution in [0.1, 0.15) is 31.1 Å². The molecule has 0 aliphatic rings. The SMILES string of the molecule is COC(=O)c1cn(C(=O)OC(C)(C)C)c2cc(-c3ccc(F)cc3)ccc12. The van der Waals surface area contributed by atoms with Crippen molar-refractivity contribution in [2.75, 3.05) is 7.11 Å². The second-order valence-corrected chi connectivity index (χ2v) is 7.12. The van der Waals surface area contributed by atoms with Gasteiger partial charge in [0.25, 0.3) is 0 Å². The highest BCUT2D eigenvalue weighted by Crippen LogP contribution is 2.29. The third kappa shape index (κ3) is 3.84. The number of aromatic nitrogens is 1. The fraction of sp³-hybridized carbons (Fsp3) is 0.238. The summed E-state index contributed by atoms with van der Waals surface area (Å²) in [6.45, 7) is 5.30. The van der Waals surface area contributed by atoms with Crippen molar-refractivity contribution < 1.29 is 23.5 Å². The number of rotatable bonds is 2. The number of carbonyl (C=O) groups excluding carboxylic acids is 2. The number of hydrogen-bond acceptors (Lipinski definition) is 4. The van der Waals surface area contributed by atoms with Gasteiger partial charge in [-0.25, -0.2) is 14.0 Å². The van der Waals surface area contributed by atoms with Crippen molar-refractivity contribution in [1.82, 2.24) is 4.57 Å². The van der Waals surface area contributed by atoms with Crippen LogP contribution in [0.15, 0.2) is 48.7 Å². The molecule has 2 aromatic carbocycles. The lowest BCUT2D eigenvalue weighted by atomic mass is 10.0. The van der Waals surface area contributed by atoms with Crippen molar-refractivity contribution in [3.8, 4) is 11.1 Å². The highest BCUT2D eigenvalue weighted by molar-refractivity contribution is 6.07. The number of halogens is 1. The Kier molecular flexibility index (Phi) is 4.74. The maximum Gasteiger partial charge on any atom is 0.419 e. The summed E-state index contributed by atoms with van der Waals surface area (Å²) < 4.78 is 24.8. The number of hydrogen-bond donors (Lipinski definition) is 0. The number of fused-ring (bicyclic) bond motifs is 1. The van der Waals surface area contributed by atoms with Gasteiger partial charge in [0.1, 0.15) is 11.4 Å². The fourth-order valence-corrected chi connectivity index (χ4v) is 2.78. The minimum atomic E-state index is -0.687. The molecule has 0 fully saturated rings. The monoisotopic (exact) mass is 369 g/mol. The van der Waals surface area contributed by atoms with E-state index in [0.29, 0.717) is 10.9 Å². The standard InChI is InChI=1S/C21H20FNO4/c1-21(2,3)27-20(25)23-12-17(19(24)26-4)16-10-7-14(11-18(16)23)13-5-8-15(22)9-6-13/h5-12H,1-4H3. The van der Waals surface area contributed by atoms with Gasteiger partial charge in [-0.1, -0.05) is 24.3 Å². The van der Waals surface area contributed by atoms with Crippen LogP contribution in [0.2, 0.25) is 0 Å². The van der Waals surface area contributed by atoms with E-state index < -0.39 is 17.7 Å². The Morgan fingerprint density at radius 2 is 1.63 bits per heavy atom. The zero-order valence-corrected chi connectivity index (χ0v) is 15.6. The normalized spacial score (nSPS) is 11.4. The van der Waals surface area contributed by atoms with Gasteiger partial charge in [0, 0.05) is 11.6 Å². The van der Waals surface area contributed by atoms with Crippen LogP contribution in [0.5, 0.6) is 0 Å². The van der Waals surface area contributed by atoms with Gasteiger partial charge < -0.3 is 9.47 Å².